The van der Waals surface area contributed by atoms with Crippen LogP contribution in [-0.4, -0.2) is 14.5 Å². The van der Waals surface area contributed by atoms with Crippen LogP contribution < -0.4 is 0 Å². The Morgan fingerprint density at radius 3 is 2.80 bits per heavy atom. The van der Waals surface area contributed by atoms with Crippen molar-refractivity contribution in [3.05, 3.63) is 60.4 Å². The van der Waals surface area contributed by atoms with Crippen molar-refractivity contribution < 1.29 is 4.42 Å². The minimum absolute atomic E-state index is 0.0927. The average Bonchev–Trinajstić information content (AvgIpc) is 3.18. The van der Waals surface area contributed by atoms with E-state index < -0.39 is 0 Å². The van der Waals surface area contributed by atoms with Gasteiger partial charge < -0.3 is 8.98 Å². The molecule has 3 heterocycles. The molecule has 0 saturated carbocycles. The van der Waals surface area contributed by atoms with Gasteiger partial charge in [-0.25, -0.2) is 4.98 Å². The Balaban J connectivity index is 1.97. The number of aryl methyl sites for hydroxylation is 1. The second-order valence-corrected chi connectivity index (χ2v) is 4.75. The molecule has 0 saturated heterocycles. The fraction of sp³-hybridized carbons (Fsp3) is 0.250. The normalized spacial score (nSPS) is 12.5. The molecule has 0 N–H and O–H groups in total. The van der Waals surface area contributed by atoms with Crippen LogP contribution in [0.2, 0.25) is 0 Å². The zero-order chi connectivity index (χ0) is 13.9. The van der Waals surface area contributed by atoms with Crippen molar-refractivity contribution in [1.82, 2.24) is 14.5 Å². The molecule has 1 unspecified atom stereocenters. The molecule has 1 atom stereocenters. The van der Waals surface area contributed by atoms with Crippen LogP contribution in [0.4, 0.5) is 0 Å². The fourth-order valence-electron chi connectivity index (χ4n) is 2.26. The second-order valence-electron chi connectivity index (χ2n) is 4.75. The Morgan fingerprint density at radius 1 is 1.25 bits per heavy atom. The molecule has 0 amide bonds. The molecule has 0 radical (unpaired) electrons. The lowest BCUT2D eigenvalue weighted by Gasteiger charge is -2.14. The number of hydrogen-bond acceptors (Lipinski definition) is 3. The van der Waals surface area contributed by atoms with E-state index in [0.717, 1.165) is 23.7 Å². The van der Waals surface area contributed by atoms with Gasteiger partial charge in [-0.05, 0) is 37.1 Å². The number of pyridine rings is 1. The minimum Gasteiger partial charge on any atom is -0.467 e. The first-order valence-corrected chi connectivity index (χ1v) is 6.81. The van der Waals surface area contributed by atoms with E-state index in [9.17, 15) is 0 Å². The number of rotatable bonds is 4. The number of nitrogens with zero attached hydrogens (tertiary/aromatic N) is 3. The Kier molecular flexibility index (Phi) is 3.37. The Bertz CT molecular complexity index is 668. The topological polar surface area (TPSA) is 43.9 Å². The highest BCUT2D eigenvalue weighted by atomic mass is 16.3. The first-order chi connectivity index (χ1) is 9.79. The summed E-state index contributed by atoms with van der Waals surface area (Å²) in [6, 6.07) is 8.08. The smallest absolute Gasteiger partial charge is 0.159 e. The van der Waals surface area contributed by atoms with Crippen LogP contribution in [0.25, 0.3) is 11.5 Å². The molecule has 3 aromatic rings. The van der Waals surface area contributed by atoms with Crippen LogP contribution >= 0.6 is 0 Å². The largest absolute Gasteiger partial charge is 0.467 e. The zero-order valence-corrected chi connectivity index (χ0v) is 11.7. The summed E-state index contributed by atoms with van der Waals surface area (Å²) in [7, 11) is 0. The van der Waals surface area contributed by atoms with Crippen molar-refractivity contribution in [3.63, 3.8) is 0 Å². The predicted molar refractivity (Wildman–Crippen MR) is 77.4 cm³/mol. The second kappa shape index (κ2) is 5.33. The standard InChI is InChI=1S/C16H17N3O/c1-3-13-6-7-14(18-11-13)16-17-8-9-19(16)12(2)15-5-4-10-20-15/h4-12H,3H2,1-2H3. The summed E-state index contributed by atoms with van der Waals surface area (Å²) in [6.45, 7) is 4.21. The van der Waals surface area contributed by atoms with Gasteiger partial charge in [-0.1, -0.05) is 13.0 Å². The van der Waals surface area contributed by atoms with E-state index in [1.165, 1.54) is 5.56 Å². The fourth-order valence-corrected chi connectivity index (χ4v) is 2.26. The number of imidazole rings is 1. The van der Waals surface area contributed by atoms with Gasteiger partial charge in [0.15, 0.2) is 5.82 Å². The molecule has 0 aliphatic carbocycles. The third kappa shape index (κ3) is 2.25. The van der Waals surface area contributed by atoms with E-state index in [1.54, 1.807) is 12.5 Å². The van der Waals surface area contributed by atoms with Crippen molar-refractivity contribution in [2.45, 2.75) is 26.3 Å². The van der Waals surface area contributed by atoms with Crippen LogP contribution in [0.1, 0.15) is 31.2 Å². The number of aromatic nitrogens is 3. The lowest BCUT2D eigenvalue weighted by Crippen LogP contribution is -2.07. The molecular formula is C16H17N3O. The molecule has 102 valence electrons. The molecule has 0 spiro atoms. The summed E-state index contributed by atoms with van der Waals surface area (Å²) in [5.41, 5.74) is 2.11. The summed E-state index contributed by atoms with van der Waals surface area (Å²) in [5.74, 6) is 1.77. The van der Waals surface area contributed by atoms with Gasteiger partial charge in [0.05, 0.1) is 12.3 Å². The van der Waals surface area contributed by atoms with Crippen LogP contribution in [0.3, 0.4) is 0 Å². The van der Waals surface area contributed by atoms with Gasteiger partial charge in [0.1, 0.15) is 11.5 Å². The van der Waals surface area contributed by atoms with Crippen molar-refractivity contribution in [2.75, 3.05) is 0 Å². The summed E-state index contributed by atoms with van der Waals surface area (Å²) in [6.07, 6.45) is 8.34. The lowest BCUT2D eigenvalue weighted by molar-refractivity contribution is 0.447. The van der Waals surface area contributed by atoms with Crippen molar-refractivity contribution in [1.29, 1.82) is 0 Å². The van der Waals surface area contributed by atoms with Crippen molar-refractivity contribution in [3.8, 4) is 11.5 Å². The Morgan fingerprint density at radius 2 is 2.15 bits per heavy atom. The van der Waals surface area contributed by atoms with Gasteiger partial charge >= 0.3 is 0 Å². The van der Waals surface area contributed by atoms with E-state index in [4.69, 9.17) is 4.42 Å². The van der Waals surface area contributed by atoms with Gasteiger partial charge in [0.25, 0.3) is 0 Å². The van der Waals surface area contributed by atoms with E-state index >= 15 is 0 Å². The summed E-state index contributed by atoms with van der Waals surface area (Å²) in [5, 5.41) is 0. The van der Waals surface area contributed by atoms with E-state index in [-0.39, 0.29) is 6.04 Å². The maximum Gasteiger partial charge on any atom is 0.159 e. The van der Waals surface area contributed by atoms with Crippen LogP contribution in [-0.2, 0) is 6.42 Å². The SMILES string of the molecule is CCc1ccc(-c2nccn2C(C)c2ccco2)nc1. The third-order valence-electron chi connectivity index (χ3n) is 3.50. The quantitative estimate of drug-likeness (QED) is 0.723. The zero-order valence-electron chi connectivity index (χ0n) is 11.7. The maximum absolute atomic E-state index is 5.48. The van der Waals surface area contributed by atoms with Gasteiger partial charge in [0.2, 0.25) is 0 Å². The van der Waals surface area contributed by atoms with E-state index in [2.05, 4.69) is 34.4 Å². The molecule has 4 heteroatoms. The third-order valence-corrected chi connectivity index (χ3v) is 3.50. The molecular weight excluding hydrogens is 250 g/mol. The average molecular weight is 267 g/mol. The molecule has 0 fully saturated rings. The highest BCUT2D eigenvalue weighted by Gasteiger charge is 2.16. The monoisotopic (exact) mass is 267 g/mol. The van der Waals surface area contributed by atoms with Gasteiger partial charge in [0, 0.05) is 18.6 Å². The van der Waals surface area contributed by atoms with Crippen LogP contribution in [0.5, 0.6) is 0 Å². The van der Waals surface area contributed by atoms with Crippen LogP contribution in [0.15, 0.2) is 53.5 Å². The highest BCUT2D eigenvalue weighted by molar-refractivity contribution is 5.50. The first-order valence-electron chi connectivity index (χ1n) is 6.81. The summed E-state index contributed by atoms with van der Waals surface area (Å²) in [4.78, 5) is 8.93. The molecule has 0 aliphatic rings. The molecule has 20 heavy (non-hydrogen) atoms. The summed E-state index contributed by atoms with van der Waals surface area (Å²) >= 11 is 0. The Hall–Kier alpha value is -2.36. The van der Waals surface area contributed by atoms with Gasteiger partial charge in [-0.3, -0.25) is 4.98 Å². The number of hydrogen-bond donors (Lipinski definition) is 0. The number of furan rings is 1. The predicted octanol–water partition coefficient (Wildman–Crippen LogP) is 3.71. The summed E-state index contributed by atoms with van der Waals surface area (Å²) < 4.78 is 7.55. The maximum atomic E-state index is 5.48. The van der Waals surface area contributed by atoms with E-state index in [0.29, 0.717) is 0 Å². The molecule has 0 aliphatic heterocycles. The molecule has 3 rings (SSSR count). The lowest BCUT2D eigenvalue weighted by atomic mass is 10.2. The van der Waals surface area contributed by atoms with Gasteiger partial charge in [-0.2, -0.15) is 0 Å². The van der Waals surface area contributed by atoms with Crippen molar-refractivity contribution in [2.24, 2.45) is 0 Å². The highest BCUT2D eigenvalue weighted by Crippen LogP contribution is 2.24. The van der Waals surface area contributed by atoms with Gasteiger partial charge in [-0.15, -0.1) is 0 Å². The van der Waals surface area contributed by atoms with Crippen LogP contribution in [0, 0.1) is 0 Å². The minimum atomic E-state index is 0.0927. The van der Waals surface area contributed by atoms with E-state index in [1.807, 2.05) is 30.6 Å². The molecule has 0 aromatic carbocycles. The molecule has 4 nitrogen and oxygen atoms in total. The van der Waals surface area contributed by atoms with Crippen molar-refractivity contribution >= 4 is 0 Å². The first kappa shape index (κ1) is 12.7. The molecule has 3 aromatic heterocycles. The Labute approximate surface area is 118 Å². The molecule has 0 bridgehead atoms.